The number of carbonyl (C=O) groups excluding carboxylic acids is 2. The fourth-order valence-electron chi connectivity index (χ4n) is 4.34. The van der Waals surface area contributed by atoms with Gasteiger partial charge in [0, 0.05) is 72.1 Å². The van der Waals surface area contributed by atoms with Gasteiger partial charge in [-0.3, -0.25) is 4.79 Å². The highest BCUT2D eigenvalue weighted by Crippen LogP contribution is 2.56. The summed E-state index contributed by atoms with van der Waals surface area (Å²) in [4.78, 5) is 37.5. The van der Waals surface area contributed by atoms with Gasteiger partial charge in [-0.15, -0.1) is 4.91 Å². The van der Waals surface area contributed by atoms with Crippen LogP contribution < -0.4 is 15.0 Å². The van der Waals surface area contributed by atoms with Crippen LogP contribution in [-0.4, -0.2) is 33.0 Å². The number of nitroso groups, excluding NO2 is 1. The Morgan fingerprint density at radius 2 is 1.66 bits per heavy atom. The third kappa shape index (κ3) is 2.62. The summed E-state index contributed by atoms with van der Waals surface area (Å²) in [5.74, 6) is -0.416. The van der Waals surface area contributed by atoms with Crippen molar-refractivity contribution in [1.82, 2.24) is 0 Å². The summed E-state index contributed by atoms with van der Waals surface area (Å²) in [5.41, 5.74) is 2.69. The molecule has 1 N–H and O–H groups in total. The first-order chi connectivity index (χ1) is 15.4. The van der Waals surface area contributed by atoms with Gasteiger partial charge in [0.05, 0.1) is 5.56 Å². The fraction of sp³-hybridized carbons (Fsp3) is 0.167. The standard InChI is InChI=1S/C24H19N3O5/c1-25-14-5-8-18-20(11-14)31-21-12-15(27(2)3)6-9-19(21)24(18)17-7-4-13(22(28)26-30)10-16(17)23(29)32-24/h4-12,25H,1-3H3. The molecule has 2 aliphatic rings. The van der Waals surface area contributed by atoms with E-state index in [0.717, 1.165) is 11.4 Å². The number of nitrogens with zero attached hydrogens (tertiary/aromatic N) is 2. The van der Waals surface area contributed by atoms with Crippen molar-refractivity contribution in [3.63, 3.8) is 0 Å². The summed E-state index contributed by atoms with van der Waals surface area (Å²) in [6.45, 7) is 0. The average Bonchev–Trinajstić information content (AvgIpc) is 3.10. The van der Waals surface area contributed by atoms with Gasteiger partial charge in [0.1, 0.15) is 11.5 Å². The average molecular weight is 429 g/mol. The highest BCUT2D eigenvalue weighted by atomic mass is 16.6. The van der Waals surface area contributed by atoms with Gasteiger partial charge >= 0.3 is 11.9 Å². The van der Waals surface area contributed by atoms with Crippen molar-refractivity contribution in [3.05, 3.63) is 87.3 Å². The van der Waals surface area contributed by atoms with Crippen molar-refractivity contribution >= 4 is 23.3 Å². The highest BCUT2D eigenvalue weighted by Gasteiger charge is 2.53. The minimum absolute atomic E-state index is 0.0359. The summed E-state index contributed by atoms with van der Waals surface area (Å²) < 4.78 is 12.3. The number of fused-ring (bicyclic) bond motifs is 6. The van der Waals surface area contributed by atoms with Gasteiger partial charge in [-0.25, -0.2) is 4.79 Å². The van der Waals surface area contributed by atoms with Crippen LogP contribution in [0.15, 0.2) is 59.8 Å². The second-order valence-corrected chi connectivity index (χ2v) is 7.87. The second-order valence-electron chi connectivity index (χ2n) is 7.87. The lowest BCUT2D eigenvalue weighted by molar-refractivity contribution is 0.0224. The SMILES string of the molecule is CNc1ccc2c(c1)Oc1cc(N(C)C)ccc1C21OC(=O)c2cc(C(=O)N=O)ccc21. The minimum atomic E-state index is -1.25. The fourth-order valence-corrected chi connectivity index (χ4v) is 4.34. The molecule has 0 bridgehead atoms. The molecule has 160 valence electrons. The van der Waals surface area contributed by atoms with Crippen LogP contribution in [0.1, 0.15) is 37.4 Å². The van der Waals surface area contributed by atoms with E-state index in [0.29, 0.717) is 28.2 Å². The molecule has 0 saturated heterocycles. The Labute approximate surface area is 183 Å². The van der Waals surface area contributed by atoms with Crippen LogP contribution in [0.25, 0.3) is 0 Å². The Bertz CT molecular complexity index is 1320. The van der Waals surface area contributed by atoms with E-state index in [1.807, 2.05) is 62.4 Å². The van der Waals surface area contributed by atoms with E-state index >= 15 is 0 Å². The second kappa shape index (κ2) is 6.91. The Morgan fingerprint density at radius 3 is 2.34 bits per heavy atom. The van der Waals surface area contributed by atoms with Gasteiger partial charge in [0.2, 0.25) is 0 Å². The van der Waals surface area contributed by atoms with Crippen LogP contribution in [0.5, 0.6) is 11.5 Å². The maximum absolute atomic E-state index is 13.0. The zero-order valence-corrected chi connectivity index (χ0v) is 17.6. The molecular weight excluding hydrogens is 410 g/mol. The van der Waals surface area contributed by atoms with Crippen LogP contribution in [0, 0.1) is 4.91 Å². The summed E-state index contributed by atoms with van der Waals surface area (Å²) in [6, 6.07) is 15.8. The number of benzene rings is 3. The molecule has 1 amide bonds. The molecule has 3 aromatic carbocycles. The normalized spacial score (nSPS) is 17.5. The third-order valence-corrected chi connectivity index (χ3v) is 5.92. The van der Waals surface area contributed by atoms with Crippen LogP contribution in [-0.2, 0) is 10.3 Å². The number of nitrogens with one attached hydrogen (secondary N) is 1. The Morgan fingerprint density at radius 1 is 0.969 bits per heavy atom. The molecule has 2 aliphatic heterocycles. The van der Waals surface area contributed by atoms with Crippen molar-refractivity contribution in [1.29, 1.82) is 0 Å². The monoisotopic (exact) mass is 429 g/mol. The molecule has 3 aromatic rings. The lowest BCUT2D eigenvalue weighted by Gasteiger charge is -2.37. The van der Waals surface area contributed by atoms with Crippen LogP contribution in [0.2, 0.25) is 0 Å². The minimum Gasteiger partial charge on any atom is -0.456 e. The number of anilines is 2. The zero-order valence-electron chi connectivity index (χ0n) is 17.6. The Balaban J connectivity index is 1.81. The summed E-state index contributed by atoms with van der Waals surface area (Å²) in [6.07, 6.45) is 0. The van der Waals surface area contributed by atoms with Crippen molar-refractivity contribution in [2.75, 3.05) is 31.4 Å². The lowest BCUT2D eigenvalue weighted by atomic mass is 9.77. The number of hydrogen-bond acceptors (Lipinski definition) is 7. The van der Waals surface area contributed by atoms with Crippen molar-refractivity contribution in [3.8, 4) is 11.5 Å². The van der Waals surface area contributed by atoms with Crippen molar-refractivity contribution in [2.45, 2.75) is 5.60 Å². The van der Waals surface area contributed by atoms with E-state index < -0.39 is 17.5 Å². The number of esters is 1. The van der Waals surface area contributed by atoms with Crippen molar-refractivity contribution < 1.29 is 19.1 Å². The van der Waals surface area contributed by atoms with Gasteiger partial charge in [-0.05, 0) is 36.4 Å². The first kappa shape index (κ1) is 19.7. The molecule has 2 heterocycles. The van der Waals surface area contributed by atoms with E-state index in [4.69, 9.17) is 9.47 Å². The number of carbonyl (C=O) groups is 2. The molecule has 0 saturated carbocycles. The van der Waals surface area contributed by atoms with Gasteiger partial charge in [0.15, 0.2) is 5.60 Å². The molecule has 0 fully saturated rings. The van der Waals surface area contributed by atoms with Gasteiger partial charge in [0.25, 0.3) is 0 Å². The summed E-state index contributed by atoms with van der Waals surface area (Å²) in [5, 5.41) is 5.55. The Kier molecular flexibility index (Phi) is 4.27. The molecule has 0 aromatic heterocycles. The first-order valence-corrected chi connectivity index (χ1v) is 9.96. The summed E-state index contributed by atoms with van der Waals surface area (Å²) >= 11 is 0. The maximum Gasteiger partial charge on any atom is 0.340 e. The molecule has 8 heteroatoms. The molecule has 32 heavy (non-hydrogen) atoms. The van der Waals surface area contributed by atoms with Crippen molar-refractivity contribution in [2.24, 2.45) is 5.18 Å². The number of ether oxygens (including phenoxy) is 2. The van der Waals surface area contributed by atoms with Gasteiger partial charge in [-0.1, -0.05) is 6.07 Å². The summed E-state index contributed by atoms with van der Waals surface area (Å²) in [7, 11) is 5.67. The smallest absolute Gasteiger partial charge is 0.340 e. The number of rotatable bonds is 3. The van der Waals surface area contributed by atoms with Crippen LogP contribution in [0.4, 0.5) is 11.4 Å². The Hall–Kier alpha value is -4.20. The quantitative estimate of drug-likeness (QED) is 0.490. The first-order valence-electron chi connectivity index (χ1n) is 9.96. The molecule has 1 atom stereocenters. The van der Waals surface area contributed by atoms with E-state index in [1.165, 1.54) is 12.1 Å². The topological polar surface area (TPSA) is 97.3 Å². The number of amides is 1. The van der Waals surface area contributed by atoms with E-state index in [9.17, 15) is 14.5 Å². The molecule has 1 unspecified atom stereocenters. The van der Waals surface area contributed by atoms with E-state index in [1.54, 1.807) is 6.07 Å². The molecule has 1 spiro atoms. The molecular formula is C24H19N3O5. The predicted octanol–water partition coefficient (Wildman–Crippen LogP) is 4.27. The van der Waals surface area contributed by atoms with Gasteiger partial charge in [-0.2, -0.15) is 0 Å². The predicted molar refractivity (Wildman–Crippen MR) is 119 cm³/mol. The maximum atomic E-state index is 13.0. The largest absolute Gasteiger partial charge is 0.456 e. The third-order valence-electron chi connectivity index (χ3n) is 5.92. The number of hydrogen-bond donors (Lipinski definition) is 1. The van der Waals surface area contributed by atoms with Gasteiger partial charge < -0.3 is 19.7 Å². The highest BCUT2D eigenvalue weighted by molar-refractivity contribution is 6.02. The molecule has 5 rings (SSSR count). The van der Waals surface area contributed by atoms with E-state index in [-0.39, 0.29) is 11.1 Å². The molecule has 0 radical (unpaired) electrons. The zero-order chi connectivity index (χ0) is 22.6. The van der Waals surface area contributed by atoms with Crippen LogP contribution >= 0.6 is 0 Å². The van der Waals surface area contributed by atoms with Crippen LogP contribution in [0.3, 0.4) is 0 Å². The lowest BCUT2D eigenvalue weighted by Crippen LogP contribution is -2.33. The molecule has 0 aliphatic carbocycles. The molecule has 8 nitrogen and oxygen atoms in total. The van der Waals surface area contributed by atoms with E-state index in [2.05, 4.69) is 10.5 Å².